The van der Waals surface area contributed by atoms with Crippen LogP contribution in [-0.2, 0) is 0 Å². The molecule has 2 heterocycles. The fourth-order valence-electron chi connectivity index (χ4n) is 2.67. The Morgan fingerprint density at radius 3 is 2.85 bits per heavy atom. The van der Waals surface area contributed by atoms with Gasteiger partial charge in [-0.25, -0.2) is 9.78 Å². The van der Waals surface area contributed by atoms with E-state index in [-0.39, 0.29) is 6.04 Å². The number of aromatic nitrogens is 2. The molecule has 0 radical (unpaired) electrons. The molecule has 5 nitrogen and oxygen atoms in total. The van der Waals surface area contributed by atoms with E-state index in [9.17, 15) is 9.90 Å². The highest BCUT2D eigenvalue weighted by Crippen LogP contribution is 2.31. The van der Waals surface area contributed by atoms with Crippen LogP contribution in [0.15, 0.2) is 30.5 Å². The molecule has 0 spiro atoms. The van der Waals surface area contributed by atoms with Gasteiger partial charge in [-0.3, -0.25) is 4.90 Å². The number of amides is 1. The number of hydrogen-bond donors (Lipinski definition) is 2. The van der Waals surface area contributed by atoms with Crippen LogP contribution >= 0.6 is 0 Å². The van der Waals surface area contributed by atoms with Gasteiger partial charge in [0.1, 0.15) is 5.82 Å². The summed E-state index contributed by atoms with van der Waals surface area (Å²) in [5, 5.41) is 9.18. The summed E-state index contributed by atoms with van der Waals surface area (Å²) in [6.45, 7) is 2.63. The number of H-pyrrole nitrogens is 1. The van der Waals surface area contributed by atoms with Gasteiger partial charge in [0.2, 0.25) is 0 Å². The van der Waals surface area contributed by atoms with E-state index >= 15 is 0 Å². The SMILES string of the molecule is Cc1ccc(-c2cnc(C3CCCN3C(=O)O)[nH]2)cc1. The van der Waals surface area contributed by atoms with Gasteiger partial charge < -0.3 is 10.1 Å². The molecule has 0 saturated carbocycles. The first-order chi connectivity index (χ1) is 9.65. The molecule has 20 heavy (non-hydrogen) atoms. The normalized spacial score (nSPS) is 18.4. The summed E-state index contributed by atoms with van der Waals surface area (Å²) < 4.78 is 0. The third kappa shape index (κ3) is 2.27. The summed E-state index contributed by atoms with van der Waals surface area (Å²) in [6, 6.07) is 8.03. The van der Waals surface area contributed by atoms with Gasteiger partial charge in [-0.2, -0.15) is 0 Å². The molecule has 2 aromatic rings. The number of likely N-dealkylation sites (tertiary alicyclic amines) is 1. The van der Waals surface area contributed by atoms with Crippen molar-refractivity contribution in [3.05, 3.63) is 41.9 Å². The molecule has 0 aliphatic carbocycles. The number of benzene rings is 1. The molecule has 5 heteroatoms. The van der Waals surface area contributed by atoms with Crippen LogP contribution in [0.5, 0.6) is 0 Å². The van der Waals surface area contributed by atoms with Crippen LogP contribution in [0.4, 0.5) is 4.79 Å². The maximum atomic E-state index is 11.2. The molecule has 1 saturated heterocycles. The van der Waals surface area contributed by atoms with Crippen LogP contribution in [0.1, 0.15) is 30.3 Å². The van der Waals surface area contributed by atoms with E-state index in [4.69, 9.17) is 0 Å². The van der Waals surface area contributed by atoms with Crippen molar-refractivity contribution in [1.82, 2.24) is 14.9 Å². The van der Waals surface area contributed by atoms with Crippen molar-refractivity contribution >= 4 is 6.09 Å². The molecule has 1 atom stereocenters. The molecule has 1 fully saturated rings. The number of nitrogens with one attached hydrogen (secondary N) is 1. The molecule has 0 bridgehead atoms. The zero-order valence-electron chi connectivity index (χ0n) is 11.3. The Balaban J connectivity index is 1.86. The van der Waals surface area contributed by atoms with E-state index in [1.54, 1.807) is 6.20 Å². The Hall–Kier alpha value is -2.30. The van der Waals surface area contributed by atoms with Crippen molar-refractivity contribution in [2.24, 2.45) is 0 Å². The Morgan fingerprint density at radius 2 is 2.15 bits per heavy atom. The quantitative estimate of drug-likeness (QED) is 0.881. The summed E-state index contributed by atoms with van der Waals surface area (Å²) in [5.41, 5.74) is 3.20. The van der Waals surface area contributed by atoms with E-state index in [0.29, 0.717) is 6.54 Å². The summed E-state index contributed by atoms with van der Waals surface area (Å²) in [7, 11) is 0. The number of hydrogen-bond acceptors (Lipinski definition) is 2. The molecule has 1 aliphatic rings. The fraction of sp³-hybridized carbons (Fsp3) is 0.333. The van der Waals surface area contributed by atoms with E-state index in [0.717, 1.165) is 29.9 Å². The van der Waals surface area contributed by atoms with Gasteiger partial charge in [0.15, 0.2) is 0 Å². The number of rotatable bonds is 2. The summed E-state index contributed by atoms with van der Waals surface area (Å²) in [4.78, 5) is 20.3. The monoisotopic (exact) mass is 271 g/mol. The second kappa shape index (κ2) is 5.00. The molecule has 1 aromatic carbocycles. The lowest BCUT2D eigenvalue weighted by Gasteiger charge is -2.19. The van der Waals surface area contributed by atoms with Crippen molar-refractivity contribution in [3.8, 4) is 11.3 Å². The number of aryl methyl sites for hydroxylation is 1. The van der Waals surface area contributed by atoms with Crippen LogP contribution in [-0.4, -0.2) is 32.6 Å². The lowest BCUT2D eigenvalue weighted by molar-refractivity contribution is 0.139. The van der Waals surface area contributed by atoms with Gasteiger partial charge >= 0.3 is 6.09 Å². The van der Waals surface area contributed by atoms with Crippen LogP contribution < -0.4 is 0 Å². The average molecular weight is 271 g/mol. The van der Waals surface area contributed by atoms with Crippen molar-refractivity contribution < 1.29 is 9.90 Å². The highest BCUT2D eigenvalue weighted by Gasteiger charge is 2.31. The van der Waals surface area contributed by atoms with Crippen molar-refractivity contribution in [1.29, 1.82) is 0 Å². The average Bonchev–Trinajstić information content (AvgIpc) is 3.08. The van der Waals surface area contributed by atoms with Gasteiger partial charge in [0, 0.05) is 6.54 Å². The second-order valence-corrected chi connectivity index (χ2v) is 5.18. The minimum Gasteiger partial charge on any atom is -0.465 e. The Bertz CT molecular complexity index is 618. The molecule has 104 valence electrons. The lowest BCUT2D eigenvalue weighted by Crippen LogP contribution is -2.29. The maximum absolute atomic E-state index is 11.2. The van der Waals surface area contributed by atoms with E-state index in [1.165, 1.54) is 10.5 Å². The first kappa shape index (κ1) is 12.7. The molecule has 1 amide bonds. The molecule has 1 aliphatic heterocycles. The zero-order chi connectivity index (χ0) is 14.1. The molecule has 1 unspecified atom stereocenters. The predicted octanol–water partition coefficient (Wildman–Crippen LogP) is 3.20. The van der Waals surface area contributed by atoms with Gasteiger partial charge in [-0.05, 0) is 25.3 Å². The molecular formula is C15H17N3O2. The van der Waals surface area contributed by atoms with Gasteiger partial charge in [-0.15, -0.1) is 0 Å². The smallest absolute Gasteiger partial charge is 0.407 e. The van der Waals surface area contributed by atoms with Gasteiger partial charge in [-0.1, -0.05) is 29.8 Å². The minimum absolute atomic E-state index is 0.147. The first-order valence-electron chi connectivity index (χ1n) is 6.76. The third-order valence-electron chi connectivity index (χ3n) is 3.77. The largest absolute Gasteiger partial charge is 0.465 e. The highest BCUT2D eigenvalue weighted by atomic mass is 16.4. The molecule has 3 rings (SSSR count). The van der Waals surface area contributed by atoms with Crippen molar-refractivity contribution in [2.75, 3.05) is 6.54 Å². The van der Waals surface area contributed by atoms with Crippen molar-refractivity contribution in [2.45, 2.75) is 25.8 Å². The second-order valence-electron chi connectivity index (χ2n) is 5.18. The first-order valence-corrected chi connectivity index (χ1v) is 6.76. The predicted molar refractivity (Wildman–Crippen MR) is 75.5 cm³/mol. The number of carboxylic acid groups (broad SMARTS) is 1. The van der Waals surface area contributed by atoms with Gasteiger partial charge in [0.25, 0.3) is 0 Å². The van der Waals surface area contributed by atoms with Gasteiger partial charge in [0.05, 0.1) is 17.9 Å². The van der Waals surface area contributed by atoms with Crippen LogP contribution in [0.3, 0.4) is 0 Å². The number of carbonyl (C=O) groups is 1. The lowest BCUT2D eigenvalue weighted by atomic mass is 10.1. The Morgan fingerprint density at radius 1 is 1.40 bits per heavy atom. The number of nitrogens with zero attached hydrogens (tertiary/aromatic N) is 2. The standard InChI is InChI=1S/C15H17N3O2/c1-10-4-6-11(7-5-10)12-9-16-14(17-12)13-3-2-8-18(13)15(19)20/h4-7,9,13H,2-3,8H2,1H3,(H,16,17)(H,19,20). The minimum atomic E-state index is -0.874. The number of aromatic amines is 1. The topological polar surface area (TPSA) is 69.2 Å². The van der Waals surface area contributed by atoms with E-state index in [1.807, 2.05) is 19.1 Å². The summed E-state index contributed by atoms with van der Waals surface area (Å²) in [6.07, 6.45) is 2.61. The van der Waals surface area contributed by atoms with Crippen LogP contribution in [0.25, 0.3) is 11.3 Å². The fourth-order valence-corrected chi connectivity index (χ4v) is 2.67. The summed E-state index contributed by atoms with van der Waals surface area (Å²) >= 11 is 0. The van der Waals surface area contributed by atoms with E-state index < -0.39 is 6.09 Å². The molecule has 1 aromatic heterocycles. The molecule has 2 N–H and O–H groups in total. The molecular weight excluding hydrogens is 254 g/mol. The highest BCUT2D eigenvalue weighted by molar-refractivity contribution is 5.66. The van der Waals surface area contributed by atoms with Crippen LogP contribution in [0.2, 0.25) is 0 Å². The number of imidazole rings is 1. The zero-order valence-corrected chi connectivity index (χ0v) is 11.3. The van der Waals surface area contributed by atoms with Crippen LogP contribution in [0, 0.1) is 6.92 Å². The van der Waals surface area contributed by atoms with Crippen molar-refractivity contribution in [3.63, 3.8) is 0 Å². The maximum Gasteiger partial charge on any atom is 0.407 e. The Kier molecular flexibility index (Phi) is 3.18. The summed E-state index contributed by atoms with van der Waals surface area (Å²) in [5.74, 6) is 0.737. The van der Waals surface area contributed by atoms with E-state index in [2.05, 4.69) is 22.1 Å². The third-order valence-corrected chi connectivity index (χ3v) is 3.77. The Labute approximate surface area is 117 Å².